The zero-order valence-corrected chi connectivity index (χ0v) is 9.95. The molecule has 0 spiro atoms. The van der Waals surface area contributed by atoms with Crippen LogP contribution in [0.1, 0.15) is 45.4 Å². The molecule has 0 aliphatic carbocycles. The molecule has 4 heteroatoms. The number of nitrogens with zero attached hydrogens (tertiary/aromatic N) is 1. The maximum Gasteiger partial charge on any atom is 0.308 e. The van der Waals surface area contributed by atoms with Gasteiger partial charge >= 0.3 is 5.97 Å². The Morgan fingerprint density at radius 2 is 2.06 bits per heavy atom. The Bertz CT molecular complexity index is 253. The number of aliphatic carboxylic acids is 1. The van der Waals surface area contributed by atoms with Gasteiger partial charge in [0.2, 0.25) is 5.91 Å². The lowest BCUT2D eigenvalue weighted by Gasteiger charge is -2.15. The highest BCUT2D eigenvalue weighted by atomic mass is 16.4. The standard InChI is InChI=1S/C12H21NO3/c1-2-3-4-5-6-7-13-9-10(12(15)16)8-11(13)14/h10H,2-9H2,1H3,(H,15,16)/t10-/m0/s1. The molecule has 0 radical (unpaired) electrons. The second-order valence-corrected chi connectivity index (χ2v) is 4.49. The van der Waals surface area contributed by atoms with E-state index >= 15 is 0 Å². The van der Waals surface area contributed by atoms with Crippen LogP contribution in [0.2, 0.25) is 0 Å². The molecule has 1 aliphatic rings. The van der Waals surface area contributed by atoms with Gasteiger partial charge in [-0.15, -0.1) is 0 Å². The number of unbranched alkanes of at least 4 members (excludes halogenated alkanes) is 4. The van der Waals surface area contributed by atoms with Crippen LogP contribution in [-0.2, 0) is 9.59 Å². The van der Waals surface area contributed by atoms with E-state index in [1.54, 1.807) is 4.90 Å². The summed E-state index contributed by atoms with van der Waals surface area (Å²) in [5, 5.41) is 8.81. The average Bonchev–Trinajstić information content (AvgIpc) is 2.60. The molecule has 0 saturated carbocycles. The van der Waals surface area contributed by atoms with Gasteiger partial charge in [0.15, 0.2) is 0 Å². The molecule has 4 nitrogen and oxygen atoms in total. The Morgan fingerprint density at radius 1 is 1.38 bits per heavy atom. The minimum atomic E-state index is -0.846. The van der Waals surface area contributed by atoms with Gasteiger partial charge < -0.3 is 10.0 Å². The summed E-state index contributed by atoms with van der Waals surface area (Å²) in [4.78, 5) is 23.9. The van der Waals surface area contributed by atoms with Crippen molar-refractivity contribution < 1.29 is 14.7 Å². The summed E-state index contributed by atoms with van der Waals surface area (Å²) in [6, 6.07) is 0. The van der Waals surface area contributed by atoms with Crippen molar-refractivity contribution in [3.63, 3.8) is 0 Å². The number of carboxylic acids is 1. The first-order valence-electron chi connectivity index (χ1n) is 6.15. The summed E-state index contributed by atoms with van der Waals surface area (Å²) >= 11 is 0. The number of amides is 1. The molecule has 1 heterocycles. The van der Waals surface area contributed by atoms with Crippen LogP contribution in [0.15, 0.2) is 0 Å². The number of carbonyl (C=O) groups is 2. The maximum absolute atomic E-state index is 11.5. The lowest BCUT2D eigenvalue weighted by molar-refractivity contribution is -0.141. The van der Waals surface area contributed by atoms with Crippen LogP contribution < -0.4 is 0 Å². The molecule has 0 aromatic heterocycles. The average molecular weight is 227 g/mol. The van der Waals surface area contributed by atoms with Crippen molar-refractivity contribution in [3.8, 4) is 0 Å². The second-order valence-electron chi connectivity index (χ2n) is 4.49. The molecule has 0 aromatic rings. The molecule has 1 N–H and O–H groups in total. The highest BCUT2D eigenvalue weighted by molar-refractivity contribution is 5.86. The monoisotopic (exact) mass is 227 g/mol. The van der Waals surface area contributed by atoms with E-state index in [0.29, 0.717) is 6.54 Å². The molecule has 0 aromatic carbocycles. The molecule has 1 atom stereocenters. The third kappa shape index (κ3) is 3.83. The minimum Gasteiger partial charge on any atom is -0.481 e. The fraction of sp³-hybridized carbons (Fsp3) is 0.833. The number of hydrogen-bond acceptors (Lipinski definition) is 2. The molecule has 1 rings (SSSR count). The van der Waals surface area contributed by atoms with Crippen LogP contribution in [0.25, 0.3) is 0 Å². The Kier molecular flexibility index (Phi) is 5.29. The zero-order chi connectivity index (χ0) is 12.0. The second kappa shape index (κ2) is 6.51. The molecule has 1 aliphatic heterocycles. The normalized spacial score (nSPS) is 20.4. The molecule has 0 unspecified atom stereocenters. The van der Waals surface area contributed by atoms with E-state index in [1.165, 1.54) is 19.3 Å². The van der Waals surface area contributed by atoms with Crippen LogP contribution in [0.5, 0.6) is 0 Å². The van der Waals surface area contributed by atoms with Crippen molar-refractivity contribution in [2.45, 2.75) is 45.4 Å². The van der Waals surface area contributed by atoms with Gasteiger partial charge in [0, 0.05) is 19.5 Å². The van der Waals surface area contributed by atoms with E-state index in [4.69, 9.17) is 5.11 Å². The van der Waals surface area contributed by atoms with Gasteiger partial charge in [-0.3, -0.25) is 9.59 Å². The Hall–Kier alpha value is -1.06. The van der Waals surface area contributed by atoms with Gasteiger partial charge in [0.05, 0.1) is 5.92 Å². The Balaban J connectivity index is 2.18. The van der Waals surface area contributed by atoms with Crippen molar-refractivity contribution in [2.24, 2.45) is 5.92 Å². The predicted octanol–water partition coefficient (Wildman–Crippen LogP) is 1.89. The molecule has 1 fully saturated rings. The van der Waals surface area contributed by atoms with Crippen LogP contribution in [0, 0.1) is 5.92 Å². The van der Waals surface area contributed by atoms with Crippen LogP contribution in [-0.4, -0.2) is 35.0 Å². The first kappa shape index (κ1) is 13.0. The molecular formula is C12H21NO3. The number of carbonyl (C=O) groups excluding carboxylic acids is 1. The van der Waals surface area contributed by atoms with Crippen molar-refractivity contribution >= 4 is 11.9 Å². The maximum atomic E-state index is 11.5. The van der Waals surface area contributed by atoms with E-state index in [0.717, 1.165) is 19.4 Å². The Morgan fingerprint density at radius 3 is 2.62 bits per heavy atom. The molecule has 16 heavy (non-hydrogen) atoms. The SMILES string of the molecule is CCCCCCCN1C[C@@H](C(=O)O)CC1=O. The summed E-state index contributed by atoms with van der Waals surface area (Å²) in [7, 11) is 0. The number of likely N-dealkylation sites (tertiary alicyclic amines) is 1. The van der Waals surface area contributed by atoms with E-state index in [-0.39, 0.29) is 12.3 Å². The highest BCUT2D eigenvalue weighted by Crippen LogP contribution is 2.18. The predicted molar refractivity (Wildman–Crippen MR) is 61.1 cm³/mol. The first-order valence-corrected chi connectivity index (χ1v) is 6.15. The highest BCUT2D eigenvalue weighted by Gasteiger charge is 2.33. The summed E-state index contributed by atoms with van der Waals surface area (Å²) in [6.07, 6.45) is 5.98. The van der Waals surface area contributed by atoms with Gasteiger partial charge in [-0.1, -0.05) is 32.6 Å². The number of hydrogen-bond donors (Lipinski definition) is 1. The van der Waals surface area contributed by atoms with Crippen LogP contribution >= 0.6 is 0 Å². The molecule has 1 saturated heterocycles. The van der Waals surface area contributed by atoms with Gasteiger partial charge in [-0.2, -0.15) is 0 Å². The number of rotatable bonds is 7. The smallest absolute Gasteiger partial charge is 0.308 e. The quantitative estimate of drug-likeness (QED) is 0.676. The van der Waals surface area contributed by atoms with Gasteiger partial charge in [0.25, 0.3) is 0 Å². The van der Waals surface area contributed by atoms with Gasteiger partial charge in [0.1, 0.15) is 0 Å². The first-order chi connectivity index (χ1) is 7.65. The largest absolute Gasteiger partial charge is 0.481 e. The summed E-state index contributed by atoms with van der Waals surface area (Å²) < 4.78 is 0. The fourth-order valence-electron chi connectivity index (χ4n) is 2.06. The third-order valence-corrected chi connectivity index (χ3v) is 3.10. The van der Waals surface area contributed by atoms with Gasteiger partial charge in [-0.25, -0.2) is 0 Å². The molecule has 1 amide bonds. The fourth-order valence-corrected chi connectivity index (χ4v) is 2.06. The van der Waals surface area contributed by atoms with Gasteiger partial charge in [-0.05, 0) is 6.42 Å². The zero-order valence-electron chi connectivity index (χ0n) is 9.95. The van der Waals surface area contributed by atoms with E-state index in [1.807, 2.05) is 0 Å². The van der Waals surface area contributed by atoms with E-state index in [2.05, 4.69) is 6.92 Å². The number of carboxylic acid groups (broad SMARTS) is 1. The summed E-state index contributed by atoms with van der Waals surface area (Å²) in [5.74, 6) is -1.33. The summed E-state index contributed by atoms with van der Waals surface area (Å²) in [6.45, 7) is 3.30. The van der Waals surface area contributed by atoms with E-state index in [9.17, 15) is 9.59 Å². The van der Waals surface area contributed by atoms with Crippen molar-refractivity contribution in [1.29, 1.82) is 0 Å². The van der Waals surface area contributed by atoms with Crippen LogP contribution in [0.3, 0.4) is 0 Å². The Labute approximate surface area is 96.6 Å². The third-order valence-electron chi connectivity index (χ3n) is 3.10. The summed E-state index contributed by atoms with van der Waals surface area (Å²) in [5.41, 5.74) is 0. The lowest BCUT2D eigenvalue weighted by atomic mass is 10.1. The molecule has 0 bridgehead atoms. The van der Waals surface area contributed by atoms with Crippen LogP contribution in [0.4, 0.5) is 0 Å². The van der Waals surface area contributed by atoms with E-state index < -0.39 is 11.9 Å². The minimum absolute atomic E-state index is 0.00268. The topological polar surface area (TPSA) is 57.6 Å². The molecule has 92 valence electrons. The van der Waals surface area contributed by atoms with Crippen molar-refractivity contribution in [3.05, 3.63) is 0 Å². The van der Waals surface area contributed by atoms with Crippen molar-refractivity contribution in [2.75, 3.05) is 13.1 Å². The molecular weight excluding hydrogens is 206 g/mol. The lowest BCUT2D eigenvalue weighted by Crippen LogP contribution is -2.27. The van der Waals surface area contributed by atoms with Crippen molar-refractivity contribution in [1.82, 2.24) is 4.90 Å².